The Hall–Kier alpha value is -2.70. The van der Waals surface area contributed by atoms with Crippen molar-refractivity contribution in [1.29, 1.82) is 0 Å². The van der Waals surface area contributed by atoms with Crippen molar-refractivity contribution in [3.05, 3.63) is 88.0 Å². The van der Waals surface area contributed by atoms with Crippen LogP contribution in [0.3, 0.4) is 0 Å². The molecule has 0 saturated carbocycles. The number of esters is 1. The highest BCUT2D eigenvalue weighted by Gasteiger charge is 2.14. The van der Waals surface area contributed by atoms with Gasteiger partial charge >= 0.3 is 5.97 Å². The number of pyridine rings is 1. The highest BCUT2D eigenvalue weighted by molar-refractivity contribution is 7.98. The summed E-state index contributed by atoms with van der Waals surface area (Å²) in [5.74, 6) is 0.396. The molecule has 4 aromatic rings. The van der Waals surface area contributed by atoms with E-state index >= 15 is 0 Å². The molecule has 0 saturated heterocycles. The molecule has 0 spiro atoms. The predicted octanol–water partition coefficient (Wildman–Crippen LogP) is 5.65. The zero-order valence-corrected chi connectivity index (χ0v) is 16.9. The van der Waals surface area contributed by atoms with Crippen molar-refractivity contribution in [3.8, 4) is 0 Å². The van der Waals surface area contributed by atoms with E-state index in [0.717, 1.165) is 37.8 Å². The maximum atomic E-state index is 12.7. The molecule has 0 unspecified atom stereocenters. The number of para-hydroxylation sites is 1. The van der Waals surface area contributed by atoms with Crippen LogP contribution in [-0.2, 0) is 17.1 Å². The van der Waals surface area contributed by atoms with Gasteiger partial charge in [-0.05, 0) is 25.1 Å². The average molecular weight is 407 g/mol. The smallest absolute Gasteiger partial charge is 0.339 e. The normalized spacial score (nSPS) is 10.9. The first-order chi connectivity index (χ1) is 13.7. The molecule has 140 valence electrons. The lowest BCUT2D eigenvalue weighted by Crippen LogP contribution is -2.07. The molecule has 2 heterocycles. The van der Waals surface area contributed by atoms with Gasteiger partial charge in [0.1, 0.15) is 6.61 Å². The molecule has 0 bridgehead atoms. The monoisotopic (exact) mass is 406 g/mol. The third-order valence-corrected chi connectivity index (χ3v) is 6.15. The minimum atomic E-state index is -0.328. The standard InChI is InChI=1S/C22H18N2O2S2/c1-15-24-18(13-27-15)14-28-20-10-3-2-9-19(20)22(25)26-12-17-7-4-6-16-8-5-11-23-21(16)17/h2-11,13H,12,14H2,1H3. The summed E-state index contributed by atoms with van der Waals surface area (Å²) < 4.78 is 5.61. The second-order valence-corrected chi connectivity index (χ2v) is 8.29. The summed E-state index contributed by atoms with van der Waals surface area (Å²) in [4.78, 5) is 22.5. The molecular formula is C22H18N2O2S2. The number of carbonyl (C=O) groups excluding carboxylic acids is 1. The van der Waals surface area contributed by atoms with E-state index in [-0.39, 0.29) is 12.6 Å². The van der Waals surface area contributed by atoms with E-state index in [1.54, 1.807) is 35.4 Å². The number of carbonyl (C=O) groups is 1. The molecule has 28 heavy (non-hydrogen) atoms. The molecule has 6 heteroatoms. The lowest BCUT2D eigenvalue weighted by molar-refractivity contribution is 0.0470. The predicted molar refractivity (Wildman–Crippen MR) is 114 cm³/mol. The molecule has 2 aromatic heterocycles. The lowest BCUT2D eigenvalue weighted by atomic mass is 10.1. The number of hydrogen-bond donors (Lipinski definition) is 0. The minimum absolute atomic E-state index is 0.192. The van der Waals surface area contributed by atoms with Crippen molar-refractivity contribution in [3.63, 3.8) is 0 Å². The van der Waals surface area contributed by atoms with E-state index in [2.05, 4.69) is 15.3 Å². The van der Waals surface area contributed by atoms with Crippen molar-refractivity contribution in [2.24, 2.45) is 0 Å². The number of thiazole rings is 1. The molecule has 0 fully saturated rings. The maximum Gasteiger partial charge on any atom is 0.339 e. The van der Waals surface area contributed by atoms with E-state index in [1.807, 2.05) is 55.5 Å². The molecule has 4 rings (SSSR count). The highest BCUT2D eigenvalue weighted by Crippen LogP contribution is 2.28. The molecule has 2 aromatic carbocycles. The Kier molecular flexibility index (Phi) is 5.69. The quantitative estimate of drug-likeness (QED) is 0.306. The number of benzene rings is 2. The number of thioether (sulfide) groups is 1. The van der Waals surface area contributed by atoms with Crippen LogP contribution in [0.5, 0.6) is 0 Å². The summed E-state index contributed by atoms with van der Waals surface area (Å²) in [5.41, 5.74) is 3.36. The number of rotatable bonds is 6. The fourth-order valence-electron chi connectivity index (χ4n) is 2.89. The SMILES string of the molecule is Cc1nc(CSc2ccccc2C(=O)OCc2cccc3cccnc23)cs1. The van der Waals surface area contributed by atoms with Crippen molar-refractivity contribution in [2.75, 3.05) is 0 Å². The first-order valence-electron chi connectivity index (χ1n) is 8.83. The molecule has 0 aliphatic rings. The zero-order chi connectivity index (χ0) is 19.3. The van der Waals surface area contributed by atoms with Crippen molar-refractivity contribution >= 4 is 40.0 Å². The second kappa shape index (κ2) is 8.54. The maximum absolute atomic E-state index is 12.7. The van der Waals surface area contributed by atoms with Crippen LogP contribution in [0, 0.1) is 6.92 Å². The third kappa shape index (κ3) is 4.24. The van der Waals surface area contributed by atoms with E-state index < -0.39 is 0 Å². The number of hydrogen-bond acceptors (Lipinski definition) is 6. The first-order valence-corrected chi connectivity index (χ1v) is 10.7. The zero-order valence-electron chi connectivity index (χ0n) is 15.3. The topological polar surface area (TPSA) is 52.1 Å². The fraction of sp³-hybridized carbons (Fsp3) is 0.136. The molecule has 0 radical (unpaired) electrons. The van der Waals surface area contributed by atoms with Crippen LogP contribution in [0.1, 0.15) is 26.6 Å². The average Bonchev–Trinajstić information content (AvgIpc) is 3.16. The Morgan fingerprint density at radius 3 is 2.82 bits per heavy atom. The van der Waals surface area contributed by atoms with Gasteiger partial charge in [-0.15, -0.1) is 23.1 Å². The molecule has 0 amide bonds. The third-order valence-electron chi connectivity index (χ3n) is 4.22. The van der Waals surface area contributed by atoms with Crippen LogP contribution in [0.25, 0.3) is 10.9 Å². The van der Waals surface area contributed by atoms with Crippen LogP contribution in [0.2, 0.25) is 0 Å². The number of fused-ring (bicyclic) bond motifs is 1. The number of nitrogens with zero attached hydrogens (tertiary/aromatic N) is 2. The van der Waals surface area contributed by atoms with E-state index in [9.17, 15) is 4.79 Å². The van der Waals surface area contributed by atoms with Gasteiger partial charge in [0.05, 0.1) is 21.8 Å². The van der Waals surface area contributed by atoms with Gasteiger partial charge in [0, 0.05) is 33.2 Å². The molecule has 0 aliphatic heterocycles. The largest absolute Gasteiger partial charge is 0.457 e. The fourth-order valence-corrected chi connectivity index (χ4v) is 4.54. The number of aromatic nitrogens is 2. The molecule has 0 N–H and O–H groups in total. The second-order valence-electron chi connectivity index (χ2n) is 6.21. The Morgan fingerprint density at radius 1 is 1.11 bits per heavy atom. The van der Waals surface area contributed by atoms with Crippen molar-refractivity contribution in [2.45, 2.75) is 24.2 Å². The summed E-state index contributed by atoms with van der Waals surface area (Å²) >= 11 is 3.23. The minimum Gasteiger partial charge on any atom is -0.457 e. The molecule has 4 nitrogen and oxygen atoms in total. The molecular weight excluding hydrogens is 388 g/mol. The summed E-state index contributed by atoms with van der Waals surface area (Å²) in [6.45, 7) is 2.18. The summed E-state index contributed by atoms with van der Waals surface area (Å²) in [5, 5.41) is 4.13. The lowest BCUT2D eigenvalue weighted by Gasteiger charge is -2.10. The van der Waals surface area contributed by atoms with Crippen LogP contribution >= 0.6 is 23.1 Å². The first kappa shape index (κ1) is 18.7. The summed E-state index contributed by atoms with van der Waals surface area (Å²) in [6.07, 6.45) is 1.75. The Morgan fingerprint density at radius 2 is 1.96 bits per heavy atom. The van der Waals surface area contributed by atoms with Crippen LogP contribution in [0.4, 0.5) is 0 Å². The van der Waals surface area contributed by atoms with E-state index in [1.165, 1.54) is 0 Å². The van der Waals surface area contributed by atoms with E-state index in [4.69, 9.17) is 4.74 Å². The highest BCUT2D eigenvalue weighted by atomic mass is 32.2. The Balaban J connectivity index is 1.47. The van der Waals surface area contributed by atoms with Gasteiger partial charge in [-0.25, -0.2) is 9.78 Å². The van der Waals surface area contributed by atoms with Gasteiger partial charge in [0.2, 0.25) is 0 Å². The van der Waals surface area contributed by atoms with Gasteiger partial charge in [0.25, 0.3) is 0 Å². The molecule has 0 atom stereocenters. The number of aryl methyl sites for hydroxylation is 1. The number of ether oxygens (including phenoxy) is 1. The van der Waals surface area contributed by atoms with Gasteiger partial charge in [-0.3, -0.25) is 4.98 Å². The van der Waals surface area contributed by atoms with Crippen molar-refractivity contribution in [1.82, 2.24) is 9.97 Å². The van der Waals surface area contributed by atoms with Crippen molar-refractivity contribution < 1.29 is 9.53 Å². The van der Waals surface area contributed by atoms with Crippen LogP contribution < -0.4 is 0 Å². The summed E-state index contributed by atoms with van der Waals surface area (Å²) in [7, 11) is 0. The van der Waals surface area contributed by atoms with Crippen LogP contribution in [-0.4, -0.2) is 15.9 Å². The molecule has 0 aliphatic carbocycles. The van der Waals surface area contributed by atoms with Gasteiger partial charge in [-0.2, -0.15) is 0 Å². The van der Waals surface area contributed by atoms with Gasteiger partial charge in [-0.1, -0.05) is 36.4 Å². The van der Waals surface area contributed by atoms with E-state index in [0.29, 0.717) is 5.56 Å². The Bertz CT molecular complexity index is 1120. The van der Waals surface area contributed by atoms with Gasteiger partial charge < -0.3 is 4.74 Å². The van der Waals surface area contributed by atoms with Crippen LogP contribution in [0.15, 0.2) is 71.1 Å². The Labute approximate surface area is 171 Å². The summed E-state index contributed by atoms with van der Waals surface area (Å²) in [6, 6.07) is 17.3. The van der Waals surface area contributed by atoms with Gasteiger partial charge in [0.15, 0.2) is 0 Å².